The van der Waals surface area contributed by atoms with Gasteiger partial charge in [0.05, 0.1) is 17.2 Å². The van der Waals surface area contributed by atoms with Crippen molar-refractivity contribution in [1.82, 2.24) is 5.32 Å². The fraction of sp³-hybridized carbons (Fsp3) is 0.0870. The van der Waals surface area contributed by atoms with Gasteiger partial charge in [0.25, 0.3) is 11.8 Å². The highest BCUT2D eigenvalue weighted by atomic mass is 32.2. The smallest absolute Gasteiger partial charge is 0.335 e. The number of primary sulfonamides is 1. The van der Waals surface area contributed by atoms with Gasteiger partial charge in [0.2, 0.25) is 10.0 Å². The summed E-state index contributed by atoms with van der Waals surface area (Å²) in [6.07, 6.45) is 1.23. The Morgan fingerprint density at radius 3 is 2.29 bits per heavy atom. The van der Waals surface area contributed by atoms with Crippen molar-refractivity contribution in [2.45, 2.75) is 11.8 Å². The molecule has 34 heavy (non-hydrogen) atoms. The number of carbonyl (C=O) groups is 3. The van der Waals surface area contributed by atoms with Crippen LogP contribution >= 0.6 is 0 Å². The maximum atomic E-state index is 13.0. The summed E-state index contributed by atoms with van der Waals surface area (Å²) in [5.74, 6) is -0.537. The molecule has 1 aliphatic heterocycles. The Bertz CT molecular complexity index is 1410. The summed E-state index contributed by atoms with van der Waals surface area (Å²) < 4.78 is 33.9. The number of rotatable bonds is 6. The summed E-state index contributed by atoms with van der Waals surface area (Å²) in [7, 11) is -3.83. The molecule has 0 unspecified atom stereocenters. The number of furan rings is 1. The first-order valence-corrected chi connectivity index (χ1v) is 11.6. The number of urea groups is 1. The van der Waals surface area contributed by atoms with Gasteiger partial charge >= 0.3 is 6.03 Å². The van der Waals surface area contributed by atoms with E-state index in [0.29, 0.717) is 23.7 Å². The molecule has 1 aromatic heterocycles. The molecule has 1 saturated heterocycles. The quantitative estimate of drug-likeness (QED) is 0.406. The maximum absolute atomic E-state index is 13.0. The highest BCUT2D eigenvalue weighted by Gasteiger charge is 2.37. The standard InChI is InChI=1S/C23H19N3O7S/c1-2-32-16-7-5-15(6-8-16)26-22(28)19(21(27)25-23(26)29)13-17-9-12-20(33-17)14-3-10-18(11-4-14)34(24,30)31/h3-13H,2H2,1H3,(H2,24,30,31)(H,25,27,29)/b19-13+. The van der Waals surface area contributed by atoms with E-state index in [4.69, 9.17) is 14.3 Å². The minimum atomic E-state index is -3.83. The maximum Gasteiger partial charge on any atom is 0.335 e. The van der Waals surface area contributed by atoms with E-state index in [1.54, 1.807) is 18.2 Å². The molecule has 1 aliphatic rings. The van der Waals surface area contributed by atoms with Crippen LogP contribution in [0.25, 0.3) is 17.4 Å². The number of hydrogen-bond donors (Lipinski definition) is 2. The molecule has 3 N–H and O–H groups in total. The Hall–Kier alpha value is -4.22. The lowest BCUT2D eigenvalue weighted by molar-refractivity contribution is -0.122. The third-order valence-electron chi connectivity index (χ3n) is 4.89. The fourth-order valence-electron chi connectivity index (χ4n) is 3.29. The van der Waals surface area contributed by atoms with Crippen LogP contribution in [-0.2, 0) is 19.6 Å². The second-order valence-electron chi connectivity index (χ2n) is 7.16. The number of hydrogen-bond acceptors (Lipinski definition) is 7. The monoisotopic (exact) mass is 481 g/mol. The number of sulfonamides is 1. The lowest BCUT2D eigenvalue weighted by Crippen LogP contribution is -2.54. The zero-order valence-electron chi connectivity index (χ0n) is 17.8. The van der Waals surface area contributed by atoms with Crippen molar-refractivity contribution in [2.75, 3.05) is 11.5 Å². The molecule has 1 fully saturated rings. The Balaban J connectivity index is 1.61. The second kappa shape index (κ2) is 8.96. The summed E-state index contributed by atoms with van der Waals surface area (Å²) in [5.41, 5.74) is 0.529. The molecule has 0 bridgehead atoms. The number of imide groups is 2. The number of benzene rings is 2. The van der Waals surface area contributed by atoms with Crippen molar-refractivity contribution in [3.05, 3.63) is 72.0 Å². The van der Waals surface area contributed by atoms with Gasteiger partial charge in [-0.2, -0.15) is 0 Å². The number of nitrogens with zero attached hydrogens (tertiary/aromatic N) is 1. The second-order valence-corrected chi connectivity index (χ2v) is 8.72. The molecule has 0 aliphatic carbocycles. The lowest BCUT2D eigenvalue weighted by Gasteiger charge is -2.26. The predicted octanol–water partition coefficient (Wildman–Crippen LogP) is 2.66. The van der Waals surface area contributed by atoms with Crippen LogP contribution in [0.15, 0.2) is 75.5 Å². The number of ether oxygens (including phenoxy) is 1. The van der Waals surface area contributed by atoms with Gasteiger partial charge in [0.15, 0.2) is 0 Å². The average Bonchev–Trinajstić information content (AvgIpc) is 3.26. The molecule has 0 radical (unpaired) electrons. The molecule has 0 saturated carbocycles. The predicted molar refractivity (Wildman–Crippen MR) is 122 cm³/mol. The van der Waals surface area contributed by atoms with Gasteiger partial charge in [-0.25, -0.2) is 23.3 Å². The summed E-state index contributed by atoms with van der Waals surface area (Å²) in [4.78, 5) is 38.5. The third kappa shape index (κ3) is 4.60. The number of nitrogens with two attached hydrogens (primary N) is 1. The molecule has 3 aromatic rings. The van der Waals surface area contributed by atoms with Crippen LogP contribution < -0.4 is 20.1 Å². The SMILES string of the molecule is CCOc1ccc(N2C(=O)NC(=O)/C(=C\c3ccc(-c4ccc(S(N)(=O)=O)cc4)o3)C2=O)cc1. The number of amides is 4. The van der Waals surface area contributed by atoms with E-state index in [0.717, 1.165) is 4.90 Å². The molecule has 11 heteroatoms. The van der Waals surface area contributed by atoms with Crippen LogP contribution in [0, 0.1) is 0 Å². The molecule has 2 aromatic carbocycles. The highest BCUT2D eigenvalue weighted by Crippen LogP contribution is 2.27. The van der Waals surface area contributed by atoms with E-state index in [-0.39, 0.29) is 21.9 Å². The fourth-order valence-corrected chi connectivity index (χ4v) is 3.80. The summed E-state index contributed by atoms with van der Waals surface area (Å²) >= 11 is 0. The van der Waals surface area contributed by atoms with Crippen molar-refractivity contribution in [2.24, 2.45) is 5.14 Å². The minimum Gasteiger partial charge on any atom is -0.494 e. The van der Waals surface area contributed by atoms with Gasteiger partial charge in [0.1, 0.15) is 22.8 Å². The molecule has 2 heterocycles. The van der Waals surface area contributed by atoms with Crippen molar-refractivity contribution >= 4 is 39.6 Å². The van der Waals surface area contributed by atoms with Gasteiger partial charge in [0, 0.05) is 5.56 Å². The van der Waals surface area contributed by atoms with Crippen LogP contribution in [-0.4, -0.2) is 32.9 Å². The average molecular weight is 481 g/mol. The largest absolute Gasteiger partial charge is 0.494 e. The van der Waals surface area contributed by atoms with Crippen LogP contribution in [0.5, 0.6) is 5.75 Å². The summed E-state index contributed by atoms with van der Waals surface area (Å²) in [5, 5.41) is 7.25. The number of barbiturate groups is 1. The zero-order valence-corrected chi connectivity index (χ0v) is 18.7. The summed E-state index contributed by atoms with van der Waals surface area (Å²) in [6.45, 7) is 2.29. The highest BCUT2D eigenvalue weighted by molar-refractivity contribution is 7.89. The van der Waals surface area contributed by atoms with Gasteiger partial charge in [-0.15, -0.1) is 0 Å². The van der Waals surface area contributed by atoms with E-state index in [1.807, 2.05) is 6.92 Å². The first kappa shape index (κ1) is 23.0. The van der Waals surface area contributed by atoms with Crippen LogP contribution in [0.4, 0.5) is 10.5 Å². The molecular weight excluding hydrogens is 462 g/mol. The van der Waals surface area contributed by atoms with Crippen molar-refractivity contribution in [3.63, 3.8) is 0 Å². The van der Waals surface area contributed by atoms with Crippen molar-refractivity contribution in [1.29, 1.82) is 0 Å². The number of carbonyl (C=O) groups excluding carboxylic acids is 3. The zero-order chi connectivity index (χ0) is 24.5. The summed E-state index contributed by atoms with van der Waals surface area (Å²) in [6, 6.07) is 14.3. The van der Waals surface area contributed by atoms with Gasteiger partial charge in [-0.1, -0.05) is 0 Å². The van der Waals surface area contributed by atoms with Crippen LogP contribution in [0.3, 0.4) is 0 Å². The van der Waals surface area contributed by atoms with E-state index < -0.39 is 27.9 Å². The topological polar surface area (TPSA) is 149 Å². The van der Waals surface area contributed by atoms with Gasteiger partial charge < -0.3 is 9.15 Å². The van der Waals surface area contributed by atoms with Crippen molar-refractivity contribution in [3.8, 4) is 17.1 Å². The first-order valence-electron chi connectivity index (χ1n) is 10.0. The molecule has 4 rings (SSSR count). The van der Waals surface area contributed by atoms with E-state index in [9.17, 15) is 22.8 Å². The number of anilines is 1. The first-order chi connectivity index (χ1) is 16.2. The van der Waals surface area contributed by atoms with E-state index >= 15 is 0 Å². The van der Waals surface area contributed by atoms with E-state index in [2.05, 4.69) is 5.32 Å². The molecular formula is C23H19N3O7S. The van der Waals surface area contributed by atoms with Gasteiger partial charge in [-0.05, 0) is 73.7 Å². The lowest BCUT2D eigenvalue weighted by atomic mass is 10.1. The van der Waals surface area contributed by atoms with Crippen molar-refractivity contribution < 1.29 is 32.0 Å². The van der Waals surface area contributed by atoms with Crippen LogP contribution in [0.2, 0.25) is 0 Å². The van der Waals surface area contributed by atoms with E-state index in [1.165, 1.54) is 48.5 Å². The third-order valence-corrected chi connectivity index (χ3v) is 5.82. The molecule has 10 nitrogen and oxygen atoms in total. The minimum absolute atomic E-state index is 0.0475. The molecule has 4 amide bonds. The number of nitrogens with one attached hydrogen (secondary N) is 1. The van der Waals surface area contributed by atoms with Crippen LogP contribution in [0.1, 0.15) is 12.7 Å². The molecule has 0 spiro atoms. The Morgan fingerprint density at radius 1 is 1.00 bits per heavy atom. The Kier molecular flexibility index (Phi) is 6.05. The molecule has 0 atom stereocenters. The Morgan fingerprint density at radius 2 is 1.68 bits per heavy atom. The Labute approximate surface area is 194 Å². The molecule has 174 valence electrons. The van der Waals surface area contributed by atoms with Gasteiger partial charge in [-0.3, -0.25) is 14.9 Å². The normalized spacial score (nSPS) is 15.5.